The van der Waals surface area contributed by atoms with Gasteiger partial charge in [0.05, 0.1) is 21.1 Å². The van der Waals surface area contributed by atoms with Gasteiger partial charge < -0.3 is 18.8 Å². The Morgan fingerprint density at radius 1 is 1.30 bits per heavy atom. The predicted molar refractivity (Wildman–Crippen MR) is 40.2 cm³/mol. The molecular formula is C5H15NO3P+. The molecule has 0 aromatic heterocycles. The summed E-state index contributed by atoms with van der Waals surface area (Å²) in [6, 6.07) is 0. The molecule has 0 saturated carbocycles. The van der Waals surface area contributed by atoms with Crippen molar-refractivity contribution in [2.75, 3.05) is 34.3 Å². The lowest BCUT2D eigenvalue weighted by atomic mass is 10.5. The Hall–Kier alpha value is 0.270. The Kier molecular flexibility index (Phi) is 4.32. The van der Waals surface area contributed by atoms with E-state index in [0.29, 0.717) is 6.61 Å². The summed E-state index contributed by atoms with van der Waals surface area (Å²) in [5.41, 5.74) is 0. The van der Waals surface area contributed by atoms with Gasteiger partial charge in [0, 0.05) is 0 Å². The fraction of sp³-hybridized carbons (Fsp3) is 1.00. The Balaban J connectivity index is 3.21. The van der Waals surface area contributed by atoms with Crippen LogP contribution in [0.1, 0.15) is 0 Å². The van der Waals surface area contributed by atoms with Crippen molar-refractivity contribution in [2.24, 2.45) is 0 Å². The summed E-state index contributed by atoms with van der Waals surface area (Å²) in [5, 5.41) is 0. The molecule has 0 atom stereocenters. The molecular weight excluding hydrogens is 153 g/mol. The van der Waals surface area contributed by atoms with Crippen LogP contribution in [0.3, 0.4) is 0 Å². The Morgan fingerprint density at radius 2 is 1.80 bits per heavy atom. The summed E-state index contributed by atoms with van der Waals surface area (Å²) >= 11 is 0. The van der Waals surface area contributed by atoms with Gasteiger partial charge in [-0.3, -0.25) is 0 Å². The van der Waals surface area contributed by atoms with E-state index in [4.69, 9.17) is 9.79 Å². The average molecular weight is 168 g/mol. The first-order valence-corrected chi connectivity index (χ1v) is 4.19. The van der Waals surface area contributed by atoms with E-state index in [2.05, 4.69) is 4.52 Å². The summed E-state index contributed by atoms with van der Waals surface area (Å²) in [6.07, 6.45) is 0. The normalized spacial score (nSPS) is 12.6. The fourth-order valence-electron chi connectivity index (χ4n) is 0.396. The van der Waals surface area contributed by atoms with Gasteiger partial charge in [0.15, 0.2) is 0 Å². The number of hydrogen-bond donors (Lipinski definition) is 2. The van der Waals surface area contributed by atoms with E-state index in [9.17, 15) is 0 Å². The zero-order chi connectivity index (χ0) is 8.20. The molecule has 0 amide bonds. The summed E-state index contributed by atoms with van der Waals surface area (Å²) in [4.78, 5) is 16.7. The molecule has 0 saturated heterocycles. The molecule has 0 aliphatic carbocycles. The average Bonchev–Trinajstić information content (AvgIpc) is 1.59. The first kappa shape index (κ1) is 10.3. The topological polar surface area (TPSA) is 49.7 Å². The van der Waals surface area contributed by atoms with Crippen molar-refractivity contribution in [1.82, 2.24) is 0 Å². The van der Waals surface area contributed by atoms with Crippen LogP contribution < -0.4 is 0 Å². The number of nitrogens with zero attached hydrogens (tertiary/aromatic N) is 1. The van der Waals surface area contributed by atoms with Gasteiger partial charge >= 0.3 is 8.60 Å². The third kappa shape index (κ3) is 8.27. The van der Waals surface area contributed by atoms with Crippen molar-refractivity contribution >= 4 is 8.60 Å². The molecule has 0 fully saturated rings. The molecule has 0 unspecified atom stereocenters. The first-order valence-electron chi connectivity index (χ1n) is 3.03. The third-order valence-electron chi connectivity index (χ3n) is 0.969. The molecule has 0 radical (unpaired) electrons. The molecule has 0 heterocycles. The molecule has 5 heteroatoms. The second-order valence-electron chi connectivity index (χ2n) is 3.10. The highest BCUT2D eigenvalue weighted by atomic mass is 31.2. The highest BCUT2D eigenvalue weighted by molar-refractivity contribution is 7.39. The first-order chi connectivity index (χ1) is 4.42. The third-order valence-corrected chi connectivity index (χ3v) is 1.38. The van der Waals surface area contributed by atoms with Crippen LogP contribution in [0.15, 0.2) is 0 Å². The summed E-state index contributed by atoms with van der Waals surface area (Å²) in [5.74, 6) is 0. The monoisotopic (exact) mass is 168 g/mol. The minimum absolute atomic E-state index is 0.391. The summed E-state index contributed by atoms with van der Waals surface area (Å²) in [7, 11) is 3.88. The van der Waals surface area contributed by atoms with Crippen molar-refractivity contribution in [3.63, 3.8) is 0 Å². The lowest BCUT2D eigenvalue weighted by molar-refractivity contribution is -0.870. The van der Waals surface area contributed by atoms with Gasteiger partial charge in [-0.25, -0.2) is 0 Å². The van der Waals surface area contributed by atoms with Crippen molar-refractivity contribution in [2.45, 2.75) is 0 Å². The zero-order valence-corrected chi connectivity index (χ0v) is 7.51. The number of hydrogen-bond acceptors (Lipinski definition) is 3. The molecule has 0 aromatic rings. The highest BCUT2D eigenvalue weighted by Gasteiger charge is 2.07. The maximum absolute atomic E-state index is 8.34. The highest BCUT2D eigenvalue weighted by Crippen LogP contribution is 2.23. The smallest absolute Gasteiger partial charge is 0.327 e. The molecule has 0 spiro atoms. The van der Waals surface area contributed by atoms with E-state index < -0.39 is 8.60 Å². The number of quaternary nitrogens is 1. The molecule has 0 rings (SSSR count). The van der Waals surface area contributed by atoms with Crippen LogP contribution in [0, 0.1) is 0 Å². The maximum Gasteiger partial charge on any atom is 0.327 e. The number of likely N-dealkylation sites (N-methyl/N-ethyl adjacent to an activating group) is 1. The van der Waals surface area contributed by atoms with Crippen molar-refractivity contribution in [3.05, 3.63) is 0 Å². The van der Waals surface area contributed by atoms with Crippen LogP contribution in [0.2, 0.25) is 0 Å². The van der Waals surface area contributed by atoms with Crippen molar-refractivity contribution in [3.8, 4) is 0 Å². The Labute approximate surface area is 62.6 Å². The largest absolute Gasteiger partial charge is 0.329 e. The van der Waals surface area contributed by atoms with Gasteiger partial charge in [-0.15, -0.1) is 0 Å². The summed E-state index contributed by atoms with van der Waals surface area (Å²) in [6.45, 7) is 1.17. The Morgan fingerprint density at radius 3 is 2.10 bits per heavy atom. The van der Waals surface area contributed by atoms with E-state index in [1.165, 1.54) is 0 Å². The fourth-order valence-corrected chi connectivity index (χ4v) is 0.641. The lowest BCUT2D eigenvalue weighted by Gasteiger charge is -2.23. The van der Waals surface area contributed by atoms with E-state index >= 15 is 0 Å². The predicted octanol–water partition coefficient (Wildman–Crippen LogP) is -0.0793. The molecule has 0 bridgehead atoms. The van der Waals surface area contributed by atoms with Gasteiger partial charge in [-0.05, 0) is 0 Å². The molecule has 62 valence electrons. The van der Waals surface area contributed by atoms with Gasteiger partial charge in [-0.2, -0.15) is 0 Å². The minimum Gasteiger partial charge on any atom is -0.329 e. The van der Waals surface area contributed by atoms with Crippen molar-refractivity contribution < 1.29 is 18.8 Å². The van der Waals surface area contributed by atoms with Crippen LogP contribution >= 0.6 is 8.60 Å². The van der Waals surface area contributed by atoms with Gasteiger partial charge in [0.25, 0.3) is 0 Å². The number of rotatable bonds is 4. The quantitative estimate of drug-likeness (QED) is 0.456. The Bertz CT molecular complexity index is 91.4. The maximum atomic E-state index is 8.34. The van der Waals surface area contributed by atoms with Gasteiger partial charge in [0.2, 0.25) is 0 Å². The standard InChI is InChI=1S/C5H15NO3P/c1-6(2,3)4-5-9-10(7)8/h7-8H,4-5H2,1-3H3/q+1. The molecule has 4 nitrogen and oxygen atoms in total. The van der Waals surface area contributed by atoms with Crippen molar-refractivity contribution in [1.29, 1.82) is 0 Å². The SMILES string of the molecule is C[N+](C)(C)CCOP(O)O. The molecule has 0 aliphatic rings. The van der Waals surface area contributed by atoms with Crippen LogP contribution in [-0.2, 0) is 4.52 Å². The van der Waals surface area contributed by atoms with Crippen LogP contribution in [-0.4, -0.2) is 48.6 Å². The van der Waals surface area contributed by atoms with Gasteiger partial charge in [-0.1, -0.05) is 0 Å². The van der Waals surface area contributed by atoms with Crippen LogP contribution in [0.25, 0.3) is 0 Å². The summed E-state index contributed by atoms with van der Waals surface area (Å²) < 4.78 is 5.35. The van der Waals surface area contributed by atoms with Crippen LogP contribution in [0.5, 0.6) is 0 Å². The van der Waals surface area contributed by atoms with E-state index in [-0.39, 0.29) is 0 Å². The molecule has 0 aliphatic heterocycles. The molecule has 10 heavy (non-hydrogen) atoms. The lowest BCUT2D eigenvalue weighted by Crippen LogP contribution is -2.37. The zero-order valence-electron chi connectivity index (χ0n) is 6.61. The molecule has 0 aromatic carbocycles. The second kappa shape index (κ2) is 4.21. The van der Waals surface area contributed by atoms with E-state index in [0.717, 1.165) is 11.0 Å². The van der Waals surface area contributed by atoms with E-state index in [1.54, 1.807) is 0 Å². The van der Waals surface area contributed by atoms with Crippen LogP contribution in [0.4, 0.5) is 0 Å². The second-order valence-corrected chi connectivity index (χ2v) is 3.86. The van der Waals surface area contributed by atoms with E-state index in [1.807, 2.05) is 21.1 Å². The van der Waals surface area contributed by atoms with Gasteiger partial charge in [0.1, 0.15) is 13.2 Å². The molecule has 2 N–H and O–H groups in total. The minimum atomic E-state index is -2.16.